The number of nitrogens with zero attached hydrogens (tertiary/aromatic N) is 3. The Labute approximate surface area is 176 Å². The van der Waals surface area contributed by atoms with Crippen LogP contribution in [0.4, 0.5) is 22.0 Å². The number of ether oxygens (including phenoxy) is 1. The first-order valence-corrected chi connectivity index (χ1v) is 8.99. The fourth-order valence-corrected chi connectivity index (χ4v) is 2.72. The first kappa shape index (κ1) is 21.4. The van der Waals surface area contributed by atoms with Crippen molar-refractivity contribution in [2.75, 3.05) is 0 Å². The minimum atomic E-state index is -4.83. The van der Waals surface area contributed by atoms with E-state index < -0.39 is 29.5 Å². The van der Waals surface area contributed by atoms with Crippen molar-refractivity contribution in [2.24, 2.45) is 0 Å². The molecule has 0 spiro atoms. The number of hydrogen-bond donors (Lipinski definition) is 1. The molecule has 0 fully saturated rings. The van der Waals surface area contributed by atoms with Crippen LogP contribution in [0, 0.1) is 11.6 Å². The minimum Gasteiger partial charge on any atom is -0.457 e. The fraction of sp³-hybridized carbons (Fsp3) is 0.0952. The maximum atomic E-state index is 13.3. The van der Waals surface area contributed by atoms with Gasteiger partial charge in [0.1, 0.15) is 17.2 Å². The molecule has 4 aromatic rings. The van der Waals surface area contributed by atoms with Crippen molar-refractivity contribution in [1.82, 2.24) is 15.1 Å². The van der Waals surface area contributed by atoms with E-state index in [9.17, 15) is 27.1 Å². The first-order valence-electron chi connectivity index (χ1n) is 8.99. The second-order valence-corrected chi connectivity index (χ2v) is 6.54. The molecule has 164 valence electrons. The molecule has 0 aliphatic heterocycles. The molecule has 32 heavy (non-hydrogen) atoms. The Hall–Kier alpha value is -3.86. The van der Waals surface area contributed by atoms with Gasteiger partial charge in [-0.3, -0.25) is 4.98 Å². The second kappa shape index (κ2) is 8.35. The maximum absolute atomic E-state index is 13.3. The molecule has 0 bridgehead atoms. The summed E-state index contributed by atoms with van der Waals surface area (Å²) in [5.41, 5.74) is 0.0351. The van der Waals surface area contributed by atoms with E-state index in [0.717, 1.165) is 30.5 Å². The Balaban J connectivity index is 1.52. The predicted octanol–water partition coefficient (Wildman–Crippen LogP) is 5.46. The lowest BCUT2D eigenvalue weighted by atomic mass is 10.1. The third-order valence-corrected chi connectivity index (χ3v) is 4.29. The number of aromatic nitrogens is 3. The molecule has 2 aromatic heterocycles. The van der Waals surface area contributed by atoms with E-state index >= 15 is 0 Å². The average molecular weight is 449 g/mol. The van der Waals surface area contributed by atoms with Gasteiger partial charge in [-0.25, -0.2) is 8.78 Å². The van der Waals surface area contributed by atoms with Crippen LogP contribution in [0.25, 0.3) is 23.0 Å². The van der Waals surface area contributed by atoms with Gasteiger partial charge in [0.25, 0.3) is 5.89 Å². The Kier molecular flexibility index (Phi) is 5.57. The van der Waals surface area contributed by atoms with E-state index in [0.29, 0.717) is 11.3 Å². The summed E-state index contributed by atoms with van der Waals surface area (Å²) in [6.07, 6.45) is -6.41. The summed E-state index contributed by atoms with van der Waals surface area (Å²) < 4.78 is 75.0. The highest BCUT2D eigenvalue weighted by Crippen LogP contribution is 2.33. The van der Waals surface area contributed by atoms with E-state index in [4.69, 9.17) is 9.26 Å². The molecular weight excluding hydrogens is 437 g/mol. The lowest BCUT2D eigenvalue weighted by molar-refractivity contribution is -0.206. The number of pyridine rings is 1. The number of aliphatic hydroxyl groups excluding tert-OH is 1. The second-order valence-electron chi connectivity index (χ2n) is 6.54. The molecule has 1 unspecified atom stereocenters. The van der Waals surface area contributed by atoms with E-state index in [1.54, 1.807) is 12.1 Å². The fourth-order valence-electron chi connectivity index (χ4n) is 2.72. The molecule has 1 N–H and O–H groups in total. The minimum absolute atomic E-state index is 0.0390. The summed E-state index contributed by atoms with van der Waals surface area (Å²) in [6, 6.07) is 11.4. The summed E-state index contributed by atoms with van der Waals surface area (Å²) in [4.78, 5) is 8.02. The zero-order chi connectivity index (χ0) is 22.9. The van der Waals surface area contributed by atoms with E-state index in [1.165, 1.54) is 18.2 Å². The monoisotopic (exact) mass is 449 g/mol. The van der Waals surface area contributed by atoms with E-state index in [2.05, 4.69) is 15.1 Å². The topological polar surface area (TPSA) is 81.3 Å². The van der Waals surface area contributed by atoms with Crippen LogP contribution in [-0.2, 0) is 0 Å². The summed E-state index contributed by atoms with van der Waals surface area (Å²) in [7, 11) is 0. The highest BCUT2D eigenvalue weighted by atomic mass is 19.4. The van der Waals surface area contributed by atoms with Gasteiger partial charge in [-0.05, 0) is 54.1 Å². The van der Waals surface area contributed by atoms with Crippen LogP contribution in [0.5, 0.6) is 11.5 Å². The molecule has 0 aliphatic carbocycles. The molecule has 0 amide bonds. The normalized spacial score (nSPS) is 12.6. The number of halogens is 5. The number of alkyl halides is 3. The van der Waals surface area contributed by atoms with Gasteiger partial charge in [-0.2, -0.15) is 18.2 Å². The molecule has 0 saturated heterocycles. The highest BCUT2D eigenvalue weighted by Gasteiger charge is 2.39. The Morgan fingerprint density at radius 3 is 2.31 bits per heavy atom. The van der Waals surface area contributed by atoms with Gasteiger partial charge in [0, 0.05) is 17.8 Å². The van der Waals surface area contributed by atoms with Crippen LogP contribution in [0.15, 0.2) is 65.3 Å². The third-order valence-electron chi connectivity index (χ3n) is 4.29. The van der Waals surface area contributed by atoms with Crippen LogP contribution in [0.1, 0.15) is 11.7 Å². The summed E-state index contributed by atoms with van der Waals surface area (Å²) in [5, 5.41) is 13.2. The quantitative estimate of drug-likeness (QED) is 0.407. The maximum Gasteiger partial charge on any atom is 0.418 e. The Morgan fingerprint density at radius 1 is 0.906 bits per heavy atom. The SMILES string of the molecule is OC(c1ccnc(-c2nc(-c3ccc(Oc4ccc(F)c(F)c4)cc3)no2)c1)C(F)(F)F. The van der Waals surface area contributed by atoms with Gasteiger partial charge in [-0.1, -0.05) is 5.16 Å². The molecule has 1 atom stereocenters. The largest absolute Gasteiger partial charge is 0.457 e. The number of benzene rings is 2. The van der Waals surface area contributed by atoms with Crippen molar-refractivity contribution in [1.29, 1.82) is 0 Å². The first-order chi connectivity index (χ1) is 15.2. The molecule has 11 heteroatoms. The lowest BCUT2D eigenvalue weighted by Gasteiger charge is -2.14. The van der Waals surface area contributed by atoms with E-state index in [-0.39, 0.29) is 23.2 Å². The molecule has 0 aliphatic rings. The standard InChI is InChI=1S/C21H12F5N3O3/c22-15-6-5-14(10-16(15)23)31-13-3-1-11(2-4-13)19-28-20(32-29-19)17-9-12(7-8-27-17)18(30)21(24,25)26/h1-10,18,30H. The van der Waals surface area contributed by atoms with Crippen molar-refractivity contribution in [3.05, 3.63) is 78.0 Å². The predicted molar refractivity (Wildman–Crippen MR) is 100 cm³/mol. The molecule has 4 rings (SSSR count). The van der Waals surface area contributed by atoms with Crippen LogP contribution in [-0.4, -0.2) is 26.4 Å². The Morgan fingerprint density at radius 2 is 1.62 bits per heavy atom. The highest BCUT2D eigenvalue weighted by molar-refractivity contribution is 5.59. The molecule has 2 aromatic carbocycles. The molecule has 0 radical (unpaired) electrons. The van der Waals surface area contributed by atoms with Gasteiger partial charge in [0.2, 0.25) is 5.82 Å². The van der Waals surface area contributed by atoms with Gasteiger partial charge in [0.05, 0.1) is 0 Å². The number of hydrogen-bond acceptors (Lipinski definition) is 6. The van der Waals surface area contributed by atoms with Crippen LogP contribution < -0.4 is 4.74 Å². The van der Waals surface area contributed by atoms with Crippen molar-refractivity contribution in [3.8, 4) is 34.5 Å². The van der Waals surface area contributed by atoms with Gasteiger partial charge in [-0.15, -0.1) is 0 Å². The van der Waals surface area contributed by atoms with Gasteiger partial charge < -0.3 is 14.4 Å². The number of rotatable bonds is 5. The zero-order valence-electron chi connectivity index (χ0n) is 15.8. The van der Waals surface area contributed by atoms with Gasteiger partial charge in [0.15, 0.2) is 17.7 Å². The van der Waals surface area contributed by atoms with Crippen molar-refractivity contribution >= 4 is 0 Å². The van der Waals surface area contributed by atoms with Crippen LogP contribution >= 0.6 is 0 Å². The molecule has 0 saturated carbocycles. The molecule has 2 heterocycles. The molecule has 6 nitrogen and oxygen atoms in total. The summed E-state index contributed by atoms with van der Waals surface area (Å²) >= 11 is 0. The lowest BCUT2D eigenvalue weighted by Crippen LogP contribution is -2.20. The molecular formula is C21H12F5N3O3. The zero-order valence-corrected chi connectivity index (χ0v) is 15.8. The van der Waals surface area contributed by atoms with E-state index in [1.807, 2.05) is 0 Å². The van der Waals surface area contributed by atoms with Crippen molar-refractivity contribution in [2.45, 2.75) is 12.3 Å². The Bertz CT molecular complexity index is 1240. The third kappa shape index (κ3) is 4.57. The smallest absolute Gasteiger partial charge is 0.418 e. The van der Waals surface area contributed by atoms with Crippen molar-refractivity contribution in [3.63, 3.8) is 0 Å². The van der Waals surface area contributed by atoms with Crippen LogP contribution in [0.3, 0.4) is 0 Å². The average Bonchev–Trinajstić information content (AvgIpc) is 3.26. The number of aliphatic hydroxyl groups is 1. The summed E-state index contributed by atoms with van der Waals surface area (Å²) in [6.45, 7) is 0. The summed E-state index contributed by atoms with van der Waals surface area (Å²) in [5.74, 6) is -1.61. The van der Waals surface area contributed by atoms with Gasteiger partial charge >= 0.3 is 6.18 Å². The van der Waals surface area contributed by atoms with Crippen LogP contribution in [0.2, 0.25) is 0 Å². The van der Waals surface area contributed by atoms with Crippen molar-refractivity contribution < 1.29 is 36.3 Å².